The fourth-order valence-electron chi connectivity index (χ4n) is 2.49. The maximum Gasteiger partial charge on any atom is 0.307 e. The molecule has 0 aromatic carbocycles. The minimum absolute atomic E-state index is 0.00365. The molecule has 1 saturated heterocycles. The maximum atomic E-state index is 12.4. The topological polar surface area (TPSA) is 83.9 Å². The van der Waals surface area contributed by atoms with Gasteiger partial charge in [0.05, 0.1) is 18.3 Å². The molecular weight excluding hydrogens is 282 g/mol. The lowest BCUT2D eigenvalue weighted by atomic mass is 9.96. The molecule has 1 fully saturated rings. The molecule has 6 nitrogen and oxygen atoms in total. The summed E-state index contributed by atoms with van der Waals surface area (Å²) >= 11 is 0. The van der Waals surface area contributed by atoms with Crippen LogP contribution in [0.4, 0.5) is 0 Å². The van der Waals surface area contributed by atoms with Crippen LogP contribution in [0.3, 0.4) is 0 Å². The van der Waals surface area contributed by atoms with E-state index >= 15 is 0 Å². The van der Waals surface area contributed by atoms with Crippen LogP contribution < -0.4 is 0 Å². The molecule has 7 heteroatoms. The fourth-order valence-corrected chi connectivity index (χ4v) is 4.55. The van der Waals surface area contributed by atoms with Crippen molar-refractivity contribution in [3.05, 3.63) is 0 Å². The summed E-state index contributed by atoms with van der Waals surface area (Å²) in [5, 5.41) is 9.06. The number of nitrogens with zero attached hydrogens (tertiary/aromatic N) is 1. The second kappa shape index (κ2) is 7.38. The van der Waals surface area contributed by atoms with Crippen LogP contribution in [0.2, 0.25) is 0 Å². The van der Waals surface area contributed by atoms with E-state index in [0.29, 0.717) is 26.1 Å². The van der Waals surface area contributed by atoms with E-state index in [4.69, 9.17) is 9.84 Å². The quantitative estimate of drug-likeness (QED) is 0.763. The van der Waals surface area contributed by atoms with E-state index < -0.39 is 21.9 Å². The third kappa shape index (κ3) is 4.71. The molecular formula is C13H25NO5S. The highest BCUT2D eigenvalue weighted by molar-refractivity contribution is 7.89. The summed E-state index contributed by atoms with van der Waals surface area (Å²) in [7, 11) is -3.44. The number of hydrogen-bond donors (Lipinski definition) is 1. The number of ether oxygens (including phenoxy) is 1. The third-order valence-corrected chi connectivity index (χ3v) is 5.85. The Labute approximate surface area is 121 Å². The minimum atomic E-state index is -3.44. The SMILES string of the molecule is CCOCC(C)CS(=O)(=O)N1CC(C(=O)O)CCC1C. The van der Waals surface area contributed by atoms with Crippen molar-refractivity contribution in [2.45, 2.75) is 39.7 Å². The average Bonchev–Trinajstić information content (AvgIpc) is 2.35. The van der Waals surface area contributed by atoms with Crippen molar-refractivity contribution < 1.29 is 23.1 Å². The van der Waals surface area contributed by atoms with Gasteiger partial charge in [-0.25, -0.2) is 8.42 Å². The number of piperidine rings is 1. The van der Waals surface area contributed by atoms with Crippen LogP contribution in [-0.4, -0.2) is 55.4 Å². The van der Waals surface area contributed by atoms with Crippen molar-refractivity contribution >= 4 is 16.0 Å². The van der Waals surface area contributed by atoms with E-state index in [1.807, 2.05) is 20.8 Å². The summed E-state index contributed by atoms with van der Waals surface area (Å²) in [5.74, 6) is -1.61. The molecule has 1 rings (SSSR count). The summed E-state index contributed by atoms with van der Waals surface area (Å²) in [6.45, 7) is 6.58. The number of aliphatic carboxylic acids is 1. The highest BCUT2D eigenvalue weighted by Crippen LogP contribution is 2.25. The van der Waals surface area contributed by atoms with Crippen molar-refractivity contribution in [3.8, 4) is 0 Å². The monoisotopic (exact) mass is 307 g/mol. The summed E-state index contributed by atoms with van der Waals surface area (Å²) in [5.41, 5.74) is 0. The minimum Gasteiger partial charge on any atom is -0.481 e. The number of sulfonamides is 1. The molecule has 0 spiro atoms. The van der Waals surface area contributed by atoms with Crippen LogP contribution in [0.25, 0.3) is 0 Å². The molecule has 1 aliphatic heterocycles. The normalized spacial score (nSPS) is 26.4. The van der Waals surface area contributed by atoms with Crippen molar-refractivity contribution in [3.63, 3.8) is 0 Å². The predicted molar refractivity (Wildman–Crippen MR) is 76.0 cm³/mol. The molecule has 118 valence electrons. The first-order valence-electron chi connectivity index (χ1n) is 7.08. The highest BCUT2D eigenvalue weighted by atomic mass is 32.2. The standard InChI is InChI=1S/C13H25NO5S/c1-4-19-8-10(2)9-20(17,18)14-7-12(13(15)16)6-5-11(14)3/h10-12H,4-9H2,1-3H3,(H,15,16). The van der Waals surface area contributed by atoms with Crippen LogP contribution in [0.5, 0.6) is 0 Å². The molecule has 0 bridgehead atoms. The lowest BCUT2D eigenvalue weighted by Gasteiger charge is -2.36. The molecule has 1 heterocycles. The van der Waals surface area contributed by atoms with Crippen LogP contribution in [-0.2, 0) is 19.6 Å². The van der Waals surface area contributed by atoms with Crippen LogP contribution in [0.1, 0.15) is 33.6 Å². The molecule has 3 unspecified atom stereocenters. The summed E-state index contributed by atoms with van der Waals surface area (Å²) in [6.07, 6.45) is 1.13. The number of carboxylic acids is 1. The summed E-state index contributed by atoms with van der Waals surface area (Å²) < 4.78 is 31.4. The van der Waals surface area contributed by atoms with Crippen LogP contribution in [0, 0.1) is 11.8 Å². The van der Waals surface area contributed by atoms with Gasteiger partial charge in [0.15, 0.2) is 0 Å². The molecule has 0 amide bonds. The molecule has 0 aromatic rings. The third-order valence-electron chi connectivity index (χ3n) is 3.63. The Hall–Kier alpha value is -0.660. The zero-order chi connectivity index (χ0) is 15.3. The van der Waals surface area contributed by atoms with Gasteiger partial charge in [-0.3, -0.25) is 4.79 Å². The number of carboxylic acid groups (broad SMARTS) is 1. The predicted octanol–water partition coefficient (Wildman–Crippen LogP) is 1.17. The number of carbonyl (C=O) groups is 1. The molecule has 20 heavy (non-hydrogen) atoms. The van der Waals surface area contributed by atoms with Gasteiger partial charge >= 0.3 is 5.97 Å². The van der Waals surface area contributed by atoms with Crippen molar-refractivity contribution in [2.24, 2.45) is 11.8 Å². The van der Waals surface area contributed by atoms with Gasteiger partial charge in [-0.1, -0.05) is 6.92 Å². The zero-order valence-electron chi connectivity index (χ0n) is 12.4. The Morgan fingerprint density at radius 3 is 2.65 bits per heavy atom. The van der Waals surface area contributed by atoms with E-state index in [1.54, 1.807) is 0 Å². The summed E-state index contributed by atoms with van der Waals surface area (Å²) in [6, 6.07) is -0.130. The van der Waals surface area contributed by atoms with E-state index in [9.17, 15) is 13.2 Å². The van der Waals surface area contributed by atoms with Gasteiger partial charge in [0.2, 0.25) is 10.0 Å². The van der Waals surface area contributed by atoms with Crippen LogP contribution in [0.15, 0.2) is 0 Å². The second-order valence-corrected chi connectivity index (χ2v) is 7.54. The van der Waals surface area contributed by atoms with Gasteiger partial charge in [-0.05, 0) is 32.6 Å². The first-order chi connectivity index (χ1) is 9.27. The molecule has 0 aromatic heterocycles. The zero-order valence-corrected chi connectivity index (χ0v) is 13.2. The van der Waals surface area contributed by atoms with E-state index in [2.05, 4.69) is 0 Å². The van der Waals surface area contributed by atoms with Gasteiger partial charge in [0, 0.05) is 19.2 Å². The molecule has 1 aliphatic rings. The average molecular weight is 307 g/mol. The highest BCUT2D eigenvalue weighted by Gasteiger charge is 2.36. The van der Waals surface area contributed by atoms with Crippen molar-refractivity contribution in [1.29, 1.82) is 0 Å². The molecule has 0 aliphatic carbocycles. The maximum absolute atomic E-state index is 12.4. The van der Waals surface area contributed by atoms with Gasteiger partial charge in [-0.2, -0.15) is 4.31 Å². The second-order valence-electron chi connectivity index (χ2n) is 5.57. The lowest BCUT2D eigenvalue weighted by molar-refractivity contribution is -0.143. The molecule has 0 radical (unpaired) electrons. The Morgan fingerprint density at radius 2 is 2.10 bits per heavy atom. The van der Waals surface area contributed by atoms with Crippen molar-refractivity contribution in [1.82, 2.24) is 4.31 Å². The molecule has 1 N–H and O–H groups in total. The lowest BCUT2D eigenvalue weighted by Crippen LogP contribution is -2.48. The summed E-state index contributed by atoms with van der Waals surface area (Å²) in [4.78, 5) is 11.1. The van der Waals surface area contributed by atoms with Gasteiger partial charge < -0.3 is 9.84 Å². The molecule has 3 atom stereocenters. The fraction of sp³-hybridized carbons (Fsp3) is 0.923. The smallest absolute Gasteiger partial charge is 0.307 e. The first kappa shape index (κ1) is 17.4. The van der Waals surface area contributed by atoms with E-state index in [1.165, 1.54) is 4.31 Å². The van der Waals surface area contributed by atoms with Gasteiger partial charge in [-0.15, -0.1) is 0 Å². The number of rotatable bonds is 7. The first-order valence-corrected chi connectivity index (χ1v) is 8.68. The van der Waals surface area contributed by atoms with Gasteiger partial charge in [0.1, 0.15) is 0 Å². The van der Waals surface area contributed by atoms with Crippen molar-refractivity contribution in [2.75, 3.05) is 25.5 Å². The Bertz CT molecular complexity index is 422. The van der Waals surface area contributed by atoms with Crippen LogP contribution >= 0.6 is 0 Å². The Balaban J connectivity index is 2.71. The number of hydrogen-bond acceptors (Lipinski definition) is 4. The van der Waals surface area contributed by atoms with E-state index in [0.717, 1.165) is 0 Å². The van der Waals surface area contributed by atoms with E-state index in [-0.39, 0.29) is 24.3 Å². The Morgan fingerprint density at radius 1 is 1.45 bits per heavy atom. The Kier molecular flexibility index (Phi) is 6.42. The van der Waals surface area contributed by atoms with Gasteiger partial charge in [0.25, 0.3) is 0 Å². The largest absolute Gasteiger partial charge is 0.481 e. The molecule has 0 saturated carbocycles.